The largest absolute Gasteiger partial charge is 0.377 e. The Morgan fingerprint density at radius 3 is 2.57 bits per heavy atom. The monoisotopic (exact) mass is 289 g/mol. The number of benzene rings is 1. The first-order valence-electron chi connectivity index (χ1n) is 8.07. The van der Waals surface area contributed by atoms with Crippen LogP contribution in [0.4, 0.5) is 0 Å². The van der Waals surface area contributed by atoms with Crippen molar-refractivity contribution in [2.75, 3.05) is 26.2 Å². The third kappa shape index (κ3) is 4.65. The second-order valence-corrected chi connectivity index (χ2v) is 6.16. The first-order valence-corrected chi connectivity index (χ1v) is 8.07. The van der Waals surface area contributed by atoms with E-state index in [2.05, 4.69) is 37.8 Å². The lowest BCUT2D eigenvalue weighted by molar-refractivity contribution is 0.0686. The zero-order chi connectivity index (χ0) is 15.2. The molecule has 0 saturated carbocycles. The van der Waals surface area contributed by atoms with Crippen molar-refractivity contribution in [1.82, 2.24) is 4.90 Å². The highest BCUT2D eigenvalue weighted by Gasteiger charge is 2.20. The Hall–Kier alpha value is -1.19. The molecule has 116 valence electrons. The summed E-state index contributed by atoms with van der Waals surface area (Å²) in [5.74, 6) is 0.700. The SMILES string of the molecule is CCN(CC(=O)c1ccc(C(C)C)cc1)CC1CCCO1. The Bertz CT molecular complexity index is 447. The molecule has 0 bridgehead atoms. The second kappa shape index (κ2) is 7.71. The van der Waals surface area contributed by atoms with Crippen molar-refractivity contribution in [2.24, 2.45) is 0 Å². The number of rotatable bonds is 7. The molecule has 21 heavy (non-hydrogen) atoms. The predicted molar refractivity (Wildman–Crippen MR) is 85.9 cm³/mol. The van der Waals surface area contributed by atoms with Crippen LogP contribution >= 0.6 is 0 Å². The van der Waals surface area contributed by atoms with Crippen molar-refractivity contribution >= 4 is 5.78 Å². The van der Waals surface area contributed by atoms with E-state index < -0.39 is 0 Å². The molecule has 1 aliphatic heterocycles. The van der Waals surface area contributed by atoms with Crippen LogP contribution in [-0.4, -0.2) is 43.0 Å². The lowest BCUT2D eigenvalue weighted by Crippen LogP contribution is -2.36. The summed E-state index contributed by atoms with van der Waals surface area (Å²) in [5, 5.41) is 0. The minimum atomic E-state index is 0.199. The summed E-state index contributed by atoms with van der Waals surface area (Å²) in [5.41, 5.74) is 2.09. The van der Waals surface area contributed by atoms with Gasteiger partial charge in [-0.25, -0.2) is 0 Å². The molecular weight excluding hydrogens is 262 g/mol. The zero-order valence-electron chi connectivity index (χ0n) is 13.5. The highest BCUT2D eigenvalue weighted by atomic mass is 16.5. The molecule has 0 radical (unpaired) electrons. The molecule has 0 amide bonds. The van der Waals surface area contributed by atoms with Gasteiger partial charge in [0.15, 0.2) is 5.78 Å². The van der Waals surface area contributed by atoms with Gasteiger partial charge in [0.2, 0.25) is 0 Å². The Morgan fingerprint density at radius 1 is 1.33 bits per heavy atom. The molecule has 0 aromatic heterocycles. The van der Waals surface area contributed by atoms with Crippen molar-refractivity contribution < 1.29 is 9.53 Å². The minimum Gasteiger partial charge on any atom is -0.377 e. The molecule has 0 aliphatic carbocycles. The van der Waals surface area contributed by atoms with Gasteiger partial charge in [0, 0.05) is 18.7 Å². The fraction of sp³-hybridized carbons (Fsp3) is 0.611. The zero-order valence-corrected chi connectivity index (χ0v) is 13.5. The molecule has 3 heteroatoms. The molecule has 1 fully saturated rings. The molecule has 1 aliphatic rings. The maximum atomic E-state index is 12.4. The van der Waals surface area contributed by atoms with Crippen molar-refractivity contribution in [3.8, 4) is 0 Å². The van der Waals surface area contributed by atoms with E-state index in [4.69, 9.17) is 4.74 Å². The number of carbonyl (C=O) groups excluding carboxylic acids is 1. The van der Waals surface area contributed by atoms with Gasteiger partial charge in [0.25, 0.3) is 0 Å². The third-order valence-electron chi connectivity index (χ3n) is 4.20. The highest BCUT2D eigenvalue weighted by molar-refractivity contribution is 5.97. The molecule has 0 spiro atoms. The number of ether oxygens (including phenoxy) is 1. The molecule has 1 aromatic carbocycles. The van der Waals surface area contributed by atoms with Gasteiger partial charge in [-0.15, -0.1) is 0 Å². The van der Waals surface area contributed by atoms with Gasteiger partial charge in [-0.05, 0) is 30.9 Å². The fourth-order valence-corrected chi connectivity index (χ4v) is 2.73. The summed E-state index contributed by atoms with van der Waals surface area (Å²) in [6.07, 6.45) is 2.57. The van der Waals surface area contributed by atoms with E-state index in [1.807, 2.05) is 12.1 Å². The number of carbonyl (C=O) groups is 1. The molecule has 1 aromatic rings. The van der Waals surface area contributed by atoms with Crippen molar-refractivity contribution in [1.29, 1.82) is 0 Å². The first kappa shape index (κ1) is 16.2. The van der Waals surface area contributed by atoms with E-state index >= 15 is 0 Å². The molecule has 1 saturated heterocycles. The van der Waals surface area contributed by atoms with Crippen LogP contribution in [-0.2, 0) is 4.74 Å². The lowest BCUT2D eigenvalue weighted by Gasteiger charge is -2.22. The smallest absolute Gasteiger partial charge is 0.176 e. The van der Waals surface area contributed by atoms with Gasteiger partial charge >= 0.3 is 0 Å². The van der Waals surface area contributed by atoms with Gasteiger partial charge in [-0.2, -0.15) is 0 Å². The second-order valence-electron chi connectivity index (χ2n) is 6.16. The number of hydrogen-bond acceptors (Lipinski definition) is 3. The molecule has 1 heterocycles. The topological polar surface area (TPSA) is 29.5 Å². The van der Waals surface area contributed by atoms with Crippen LogP contribution in [0, 0.1) is 0 Å². The quantitative estimate of drug-likeness (QED) is 0.720. The molecular formula is C18H27NO2. The maximum Gasteiger partial charge on any atom is 0.176 e. The van der Waals surface area contributed by atoms with Gasteiger partial charge in [-0.1, -0.05) is 45.0 Å². The van der Waals surface area contributed by atoms with E-state index in [0.717, 1.165) is 38.1 Å². The number of Topliss-reactive ketones (excluding diaryl/α,β-unsaturated/α-hetero) is 1. The maximum absolute atomic E-state index is 12.4. The summed E-state index contributed by atoms with van der Waals surface area (Å²) in [4.78, 5) is 14.6. The molecule has 0 N–H and O–H groups in total. The van der Waals surface area contributed by atoms with Crippen LogP contribution in [0.5, 0.6) is 0 Å². The van der Waals surface area contributed by atoms with Crippen LogP contribution in [0.3, 0.4) is 0 Å². The van der Waals surface area contributed by atoms with Crippen LogP contribution in [0.25, 0.3) is 0 Å². The standard InChI is InChI=1S/C18H27NO2/c1-4-19(12-17-6-5-11-21-17)13-18(20)16-9-7-15(8-10-16)14(2)3/h7-10,14,17H,4-6,11-13H2,1-3H3. The number of likely N-dealkylation sites (N-methyl/N-ethyl adjacent to an activating group) is 1. The third-order valence-corrected chi connectivity index (χ3v) is 4.20. The fourth-order valence-electron chi connectivity index (χ4n) is 2.73. The molecule has 3 nitrogen and oxygen atoms in total. The summed E-state index contributed by atoms with van der Waals surface area (Å²) < 4.78 is 5.66. The number of hydrogen-bond donors (Lipinski definition) is 0. The van der Waals surface area contributed by atoms with Crippen molar-refractivity contribution in [3.63, 3.8) is 0 Å². The Balaban J connectivity index is 1.91. The van der Waals surface area contributed by atoms with Crippen LogP contribution < -0.4 is 0 Å². The van der Waals surface area contributed by atoms with E-state index in [1.165, 1.54) is 5.56 Å². The van der Waals surface area contributed by atoms with Gasteiger partial charge in [-0.3, -0.25) is 9.69 Å². The van der Waals surface area contributed by atoms with Crippen LogP contribution in [0.2, 0.25) is 0 Å². The van der Waals surface area contributed by atoms with Gasteiger partial charge in [0.05, 0.1) is 12.6 Å². The molecule has 1 atom stereocenters. The summed E-state index contributed by atoms with van der Waals surface area (Å²) >= 11 is 0. The van der Waals surface area contributed by atoms with Gasteiger partial charge < -0.3 is 4.74 Å². The van der Waals surface area contributed by atoms with E-state index in [1.54, 1.807) is 0 Å². The molecule has 1 unspecified atom stereocenters. The van der Waals surface area contributed by atoms with E-state index in [9.17, 15) is 4.79 Å². The summed E-state index contributed by atoms with van der Waals surface area (Å²) in [6, 6.07) is 8.04. The van der Waals surface area contributed by atoms with E-state index in [-0.39, 0.29) is 5.78 Å². The predicted octanol–water partition coefficient (Wildman–Crippen LogP) is 3.49. The number of nitrogens with zero attached hydrogens (tertiary/aromatic N) is 1. The Morgan fingerprint density at radius 2 is 2.05 bits per heavy atom. The summed E-state index contributed by atoms with van der Waals surface area (Å²) in [7, 11) is 0. The first-order chi connectivity index (χ1) is 10.1. The highest BCUT2D eigenvalue weighted by Crippen LogP contribution is 2.16. The van der Waals surface area contributed by atoms with Crippen molar-refractivity contribution in [2.45, 2.75) is 45.6 Å². The minimum absolute atomic E-state index is 0.199. The molecule has 2 rings (SSSR count). The van der Waals surface area contributed by atoms with Crippen LogP contribution in [0.15, 0.2) is 24.3 Å². The average molecular weight is 289 g/mol. The van der Waals surface area contributed by atoms with Crippen LogP contribution in [0.1, 0.15) is 55.5 Å². The lowest BCUT2D eigenvalue weighted by atomic mass is 10.0. The normalized spacial score (nSPS) is 18.6. The van der Waals surface area contributed by atoms with Gasteiger partial charge in [0.1, 0.15) is 0 Å². The Labute approximate surface area is 128 Å². The number of ketones is 1. The van der Waals surface area contributed by atoms with E-state index in [0.29, 0.717) is 18.6 Å². The summed E-state index contributed by atoms with van der Waals surface area (Å²) in [6.45, 7) is 9.53. The average Bonchev–Trinajstić information content (AvgIpc) is 2.99. The van der Waals surface area contributed by atoms with Crippen molar-refractivity contribution in [3.05, 3.63) is 35.4 Å². The Kier molecular flexibility index (Phi) is 5.95.